The number of nitrogens with one attached hydrogen (secondary N) is 2. The summed E-state index contributed by atoms with van der Waals surface area (Å²) < 4.78 is 68.4. The standard InChI is InChI=1S/C16H16F3N5O3S2/c1-2-3-29(26,27)24-9-4-8(17)10(18)13(11(9)19)23-16(25)7-5-28-14-12(7)21-6-22-15(14)20/h4,6-7,24H,2-3,5H2,1H3,(H,23,25)(H2,20,21,22). The maximum Gasteiger partial charge on any atom is 0.234 e. The molecule has 3 rings (SSSR count). The highest BCUT2D eigenvalue weighted by atomic mass is 32.2. The van der Waals surface area contributed by atoms with Gasteiger partial charge in [-0.05, 0) is 6.42 Å². The molecule has 29 heavy (non-hydrogen) atoms. The number of amides is 1. The maximum absolute atomic E-state index is 14.7. The van der Waals surface area contributed by atoms with Gasteiger partial charge in [-0.1, -0.05) is 6.92 Å². The number of aromatic nitrogens is 2. The molecule has 1 atom stereocenters. The normalized spacial score (nSPS) is 15.8. The van der Waals surface area contributed by atoms with Gasteiger partial charge in [-0.25, -0.2) is 31.6 Å². The van der Waals surface area contributed by atoms with E-state index < -0.39 is 50.7 Å². The van der Waals surface area contributed by atoms with E-state index in [-0.39, 0.29) is 23.7 Å². The molecule has 13 heteroatoms. The second-order valence-corrected chi connectivity index (χ2v) is 9.03. The Balaban J connectivity index is 1.92. The fourth-order valence-corrected chi connectivity index (χ4v) is 5.04. The number of nitrogen functional groups attached to an aromatic ring is 1. The molecule has 1 aliphatic heterocycles. The van der Waals surface area contributed by atoms with Crippen LogP contribution < -0.4 is 15.8 Å². The molecule has 1 unspecified atom stereocenters. The van der Waals surface area contributed by atoms with Crippen molar-refractivity contribution in [2.45, 2.75) is 24.2 Å². The van der Waals surface area contributed by atoms with Gasteiger partial charge in [0.2, 0.25) is 15.9 Å². The van der Waals surface area contributed by atoms with Gasteiger partial charge in [-0.15, -0.1) is 11.8 Å². The van der Waals surface area contributed by atoms with Crippen LogP contribution in [0.2, 0.25) is 0 Å². The van der Waals surface area contributed by atoms with E-state index in [1.807, 2.05) is 10.0 Å². The molecule has 2 aromatic rings. The molecule has 1 amide bonds. The van der Waals surface area contributed by atoms with E-state index >= 15 is 0 Å². The third kappa shape index (κ3) is 4.24. The Hall–Kier alpha value is -2.54. The Bertz CT molecular complexity index is 1080. The summed E-state index contributed by atoms with van der Waals surface area (Å²) in [6, 6.07) is 0.377. The molecule has 0 saturated carbocycles. The number of fused-ring (bicyclic) bond motifs is 1. The van der Waals surface area contributed by atoms with Crippen LogP contribution >= 0.6 is 11.8 Å². The second-order valence-electron chi connectivity index (χ2n) is 6.16. The molecule has 0 saturated heterocycles. The molecule has 0 fully saturated rings. The zero-order valence-electron chi connectivity index (χ0n) is 15.0. The first kappa shape index (κ1) is 21.2. The first-order chi connectivity index (χ1) is 13.6. The molecule has 8 nitrogen and oxygen atoms in total. The number of halogens is 3. The molecule has 2 heterocycles. The molecule has 0 bridgehead atoms. The van der Waals surface area contributed by atoms with Crippen LogP contribution in [0.15, 0.2) is 17.3 Å². The molecular weight excluding hydrogens is 431 g/mol. The summed E-state index contributed by atoms with van der Waals surface area (Å²) in [5.74, 6) is -6.34. The monoisotopic (exact) mass is 447 g/mol. The lowest BCUT2D eigenvalue weighted by molar-refractivity contribution is -0.117. The summed E-state index contributed by atoms with van der Waals surface area (Å²) in [6.45, 7) is 1.58. The Morgan fingerprint density at radius 3 is 2.72 bits per heavy atom. The van der Waals surface area contributed by atoms with Crippen LogP contribution in [0.3, 0.4) is 0 Å². The number of nitrogens with zero attached hydrogens (tertiary/aromatic N) is 2. The van der Waals surface area contributed by atoms with Gasteiger partial charge in [0.15, 0.2) is 17.5 Å². The Morgan fingerprint density at radius 2 is 2.03 bits per heavy atom. The molecule has 156 valence electrons. The van der Waals surface area contributed by atoms with E-state index in [0.717, 1.165) is 6.33 Å². The quantitative estimate of drug-likeness (QED) is 0.581. The van der Waals surface area contributed by atoms with Crippen molar-refractivity contribution >= 4 is 44.9 Å². The number of carbonyl (C=O) groups excluding carboxylic acids is 1. The second kappa shape index (κ2) is 8.06. The van der Waals surface area contributed by atoms with Crippen molar-refractivity contribution in [3.05, 3.63) is 35.5 Å². The Labute approximate surface area is 168 Å². The Morgan fingerprint density at radius 1 is 1.31 bits per heavy atom. The number of rotatable bonds is 6. The van der Waals surface area contributed by atoms with Crippen LogP contribution in [0.5, 0.6) is 0 Å². The minimum absolute atomic E-state index is 0.172. The SMILES string of the molecule is CCCS(=O)(=O)Nc1cc(F)c(F)c(NC(=O)C2CSc3c(N)ncnc32)c1F. The fourth-order valence-electron chi connectivity index (χ4n) is 2.73. The number of hydrogen-bond acceptors (Lipinski definition) is 7. The number of carbonyl (C=O) groups is 1. The smallest absolute Gasteiger partial charge is 0.234 e. The summed E-state index contributed by atoms with van der Waals surface area (Å²) in [6.07, 6.45) is 1.39. The fraction of sp³-hybridized carbons (Fsp3) is 0.312. The van der Waals surface area contributed by atoms with E-state index in [4.69, 9.17) is 5.73 Å². The van der Waals surface area contributed by atoms with Gasteiger partial charge < -0.3 is 11.1 Å². The molecule has 0 radical (unpaired) electrons. The van der Waals surface area contributed by atoms with Crippen LogP contribution in [-0.4, -0.2) is 35.8 Å². The summed E-state index contributed by atoms with van der Waals surface area (Å²) >= 11 is 1.21. The third-order valence-electron chi connectivity index (χ3n) is 4.04. The molecule has 0 spiro atoms. The van der Waals surface area contributed by atoms with Crippen molar-refractivity contribution in [1.29, 1.82) is 0 Å². The van der Waals surface area contributed by atoms with Crippen molar-refractivity contribution in [1.82, 2.24) is 9.97 Å². The molecule has 1 aliphatic rings. The van der Waals surface area contributed by atoms with Gasteiger partial charge in [0, 0.05) is 11.8 Å². The van der Waals surface area contributed by atoms with Gasteiger partial charge in [0.1, 0.15) is 17.8 Å². The van der Waals surface area contributed by atoms with Crippen LogP contribution in [0.1, 0.15) is 25.0 Å². The van der Waals surface area contributed by atoms with Gasteiger partial charge >= 0.3 is 0 Å². The van der Waals surface area contributed by atoms with Gasteiger partial charge in [0.25, 0.3) is 0 Å². The van der Waals surface area contributed by atoms with E-state index in [1.54, 1.807) is 6.92 Å². The summed E-state index contributed by atoms with van der Waals surface area (Å²) in [7, 11) is -3.97. The van der Waals surface area contributed by atoms with Crippen LogP contribution in [0.25, 0.3) is 0 Å². The number of sulfonamides is 1. The van der Waals surface area contributed by atoms with Gasteiger partial charge in [-0.2, -0.15) is 0 Å². The predicted molar refractivity (Wildman–Crippen MR) is 103 cm³/mol. The lowest BCUT2D eigenvalue weighted by Crippen LogP contribution is -2.24. The van der Waals surface area contributed by atoms with Crippen molar-refractivity contribution in [2.24, 2.45) is 0 Å². The van der Waals surface area contributed by atoms with Crippen LogP contribution in [0.4, 0.5) is 30.4 Å². The lowest BCUT2D eigenvalue weighted by atomic mass is 10.1. The van der Waals surface area contributed by atoms with E-state index in [0.29, 0.717) is 16.7 Å². The number of benzene rings is 1. The molecular formula is C16H16F3N5O3S2. The van der Waals surface area contributed by atoms with Crippen LogP contribution in [-0.2, 0) is 14.8 Å². The molecule has 1 aromatic heterocycles. The minimum Gasteiger partial charge on any atom is -0.383 e. The Kier molecular flexibility index (Phi) is 5.89. The highest BCUT2D eigenvalue weighted by Gasteiger charge is 2.34. The van der Waals surface area contributed by atoms with E-state index in [1.165, 1.54) is 11.8 Å². The van der Waals surface area contributed by atoms with Gasteiger partial charge in [0.05, 0.1) is 27.9 Å². The van der Waals surface area contributed by atoms with Crippen molar-refractivity contribution < 1.29 is 26.4 Å². The topological polar surface area (TPSA) is 127 Å². The van der Waals surface area contributed by atoms with Gasteiger partial charge in [-0.3, -0.25) is 9.52 Å². The average molecular weight is 447 g/mol. The summed E-state index contributed by atoms with van der Waals surface area (Å²) in [4.78, 5) is 20.9. The highest BCUT2D eigenvalue weighted by Crippen LogP contribution is 2.41. The zero-order chi connectivity index (χ0) is 21.3. The summed E-state index contributed by atoms with van der Waals surface area (Å²) in [5, 5.41) is 2.00. The van der Waals surface area contributed by atoms with Crippen LogP contribution in [0, 0.1) is 17.5 Å². The maximum atomic E-state index is 14.7. The minimum atomic E-state index is -3.97. The van der Waals surface area contributed by atoms with Crippen molar-refractivity contribution in [3.8, 4) is 0 Å². The van der Waals surface area contributed by atoms with Crippen molar-refractivity contribution in [3.63, 3.8) is 0 Å². The molecule has 4 N–H and O–H groups in total. The zero-order valence-corrected chi connectivity index (χ0v) is 16.6. The lowest BCUT2D eigenvalue weighted by Gasteiger charge is -2.15. The predicted octanol–water partition coefficient (Wildman–Crippen LogP) is 2.46. The molecule has 0 aliphatic carbocycles. The number of anilines is 3. The van der Waals surface area contributed by atoms with E-state index in [2.05, 4.69) is 9.97 Å². The number of hydrogen-bond donors (Lipinski definition) is 3. The third-order valence-corrected chi connectivity index (χ3v) is 6.73. The van der Waals surface area contributed by atoms with E-state index in [9.17, 15) is 26.4 Å². The van der Waals surface area contributed by atoms with Crippen molar-refractivity contribution in [2.75, 3.05) is 27.3 Å². The number of thioether (sulfide) groups is 1. The first-order valence-electron chi connectivity index (χ1n) is 8.36. The summed E-state index contributed by atoms with van der Waals surface area (Å²) in [5.41, 5.74) is 4.11. The average Bonchev–Trinajstić information content (AvgIpc) is 3.08. The first-order valence-corrected chi connectivity index (χ1v) is 11.0. The molecule has 1 aromatic carbocycles. The largest absolute Gasteiger partial charge is 0.383 e. The highest BCUT2D eigenvalue weighted by molar-refractivity contribution is 7.99. The number of nitrogens with two attached hydrogens (primary N) is 1.